The first-order chi connectivity index (χ1) is 11.1. The molecule has 2 atom stereocenters. The van der Waals surface area contributed by atoms with Gasteiger partial charge in [-0.1, -0.05) is 12.8 Å². The van der Waals surface area contributed by atoms with Crippen molar-refractivity contribution in [2.75, 3.05) is 13.1 Å². The standard InChI is InChI=1S/C18H29N3OS/c1-13(11-16(22)21-9-5-3-4-6-10-21)19-17(15-7-8-15)18-20-14(2)12-23-18/h12-13,15,17,19H,3-11H2,1-2H3. The third-order valence-electron chi connectivity index (χ3n) is 4.90. The second-order valence-electron chi connectivity index (χ2n) is 7.21. The van der Waals surface area contributed by atoms with Crippen LogP contribution in [-0.2, 0) is 4.79 Å². The first-order valence-electron chi connectivity index (χ1n) is 9.09. The fraction of sp³-hybridized carbons (Fsp3) is 0.778. The van der Waals surface area contributed by atoms with E-state index >= 15 is 0 Å². The highest BCUT2D eigenvalue weighted by molar-refractivity contribution is 7.09. The van der Waals surface area contributed by atoms with Gasteiger partial charge in [0, 0.05) is 36.6 Å². The zero-order valence-corrected chi connectivity index (χ0v) is 15.2. The van der Waals surface area contributed by atoms with E-state index in [0.29, 0.717) is 24.3 Å². The molecule has 1 saturated heterocycles. The van der Waals surface area contributed by atoms with Gasteiger partial charge in [0.25, 0.3) is 0 Å². The molecule has 1 amide bonds. The Bertz CT molecular complexity index is 518. The van der Waals surface area contributed by atoms with Gasteiger partial charge >= 0.3 is 0 Å². The summed E-state index contributed by atoms with van der Waals surface area (Å²) < 4.78 is 0. The van der Waals surface area contributed by atoms with Crippen LogP contribution in [0.3, 0.4) is 0 Å². The number of carbonyl (C=O) groups is 1. The van der Waals surface area contributed by atoms with Crippen molar-refractivity contribution in [1.82, 2.24) is 15.2 Å². The minimum atomic E-state index is 0.209. The molecule has 1 aliphatic heterocycles. The minimum absolute atomic E-state index is 0.209. The predicted molar refractivity (Wildman–Crippen MR) is 94.6 cm³/mol. The highest BCUT2D eigenvalue weighted by atomic mass is 32.1. The van der Waals surface area contributed by atoms with Gasteiger partial charge in [-0.3, -0.25) is 4.79 Å². The number of carbonyl (C=O) groups excluding carboxylic acids is 1. The molecular weight excluding hydrogens is 306 g/mol. The number of aryl methyl sites for hydroxylation is 1. The average Bonchev–Trinajstić information content (AvgIpc) is 3.31. The van der Waals surface area contributed by atoms with Gasteiger partial charge in [0.2, 0.25) is 5.91 Å². The molecule has 0 aromatic carbocycles. The molecule has 1 N–H and O–H groups in total. The molecule has 2 fully saturated rings. The topological polar surface area (TPSA) is 45.2 Å². The van der Waals surface area contributed by atoms with Crippen LogP contribution in [0.4, 0.5) is 0 Å². The minimum Gasteiger partial charge on any atom is -0.343 e. The van der Waals surface area contributed by atoms with Gasteiger partial charge in [-0.05, 0) is 45.4 Å². The van der Waals surface area contributed by atoms with E-state index in [9.17, 15) is 4.79 Å². The summed E-state index contributed by atoms with van der Waals surface area (Å²) in [6, 6.07) is 0.543. The lowest BCUT2D eigenvalue weighted by atomic mass is 10.1. The van der Waals surface area contributed by atoms with Crippen LogP contribution in [0.1, 0.15) is 68.6 Å². The monoisotopic (exact) mass is 335 g/mol. The van der Waals surface area contributed by atoms with Crippen molar-refractivity contribution in [1.29, 1.82) is 0 Å². The summed E-state index contributed by atoms with van der Waals surface area (Å²) >= 11 is 1.75. The smallest absolute Gasteiger partial charge is 0.224 e. The van der Waals surface area contributed by atoms with Gasteiger partial charge in [0.15, 0.2) is 0 Å². The van der Waals surface area contributed by atoms with E-state index in [1.807, 2.05) is 0 Å². The number of nitrogens with zero attached hydrogens (tertiary/aromatic N) is 2. The van der Waals surface area contributed by atoms with Crippen molar-refractivity contribution in [3.05, 3.63) is 16.1 Å². The van der Waals surface area contributed by atoms with Crippen molar-refractivity contribution in [2.45, 2.75) is 70.9 Å². The Hall–Kier alpha value is -0.940. The summed E-state index contributed by atoms with van der Waals surface area (Å²) in [6.45, 7) is 6.09. The zero-order valence-electron chi connectivity index (χ0n) is 14.4. The Kier molecular flexibility index (Phi) is 5.70. The molecule has 2 aliphatic rings. The molecule has 3 rings (SSSR count). The Labute approximate surface area is 143 Å². The van der Waals surface area contributed by atoms with Gasteiger partial charge in [-0.25, -0.2) is 4.98 Å². The number of thiazole rings is 1. The van der Waals surface area contributed by atoms with E-state index < -0.39 is 0 Å². The van der Waals surface area contributed by atoms with E-state index in [1.165, 1.54) is 30.7 Å². The first-order valence-corrected chi connectivity index (χ1v) is 9.97. The van der Waals surface area contributed by atoms with Gasteiger partial charge in [-0.2, -0.15) is 0 Å². The number of aromatic nitrogens is 1. The Balaban J connectivity index is 1.54. The summed E-state index contributed by atoms with van der Waals surface area (Å²) in [4.78, 5) is 19.3. The van der Waals surface area contributed by atoms with E-state index in [0.717, 1.165) is 31.6 Å². The second-order valence-corrected chi connectivity index (χ2v) is 8.10. The average molecular weight is 336 g/mol. The summed E-state index contributed by atoms with van der Waals surface area (Å²) in [5.74, 6) is 1.02. The molecule has 1 saturated carbocycles. The highest BCUT2D eigenvalue weighted by Gasteiger charge is 2.35. The molecule has 1 aromatic heterocycles. The van der Waals surface area contributed by atoms with E-state index in [1.54, 1.807) is 11.3 Å². The number of likely N-dealkylation sites (tertiary alicyclic amines) is 1. The van der Waals surface area contributed by atoms with Crippen LogP contribution in [0.15, 0.2) is 5.38 Å². The third kappa shape index (κ3) is 4.77. The summed E-state index contributed by atoms with van der Waals surface area (Å²) in [5.41, 5.74) is 1.10. The molecule has 0 bridgehead atoms. The van der Waals surface area contributed by atoms with Crippen LogP contribution in [0.2, 0.25) is 0 Å². The highest BCUT2D eigenvalue weighted by Crippen LogP contribution is 2.42. The SMILES string of the molecule is Cc1csc(C(NC(C)CC(=O)N2CCCCCC2)C2CC2)n1. The van der Waals surface area contributed by atoms with Crippen LogP contribution in [0.5, 0.6) is 0 Å². The number of rotatable bonds is 6. The maximum absolute atomic E-state index is 12.5. The van der Waals surface area contributed by atoms with E-state index in [4.69, 9.17) is 0 Å². The molecule has 23 heavy (non-hydrogen) atoms. The molecule has 2 heterocycles. The predicted octanol–water partition coefficient (Wildman–Crippen LogP) is 3.67. The first kappa shape index (κ1) is 16.9. The second kappa shape index (κ2) is 7.75. The van der Waals surface area contributed by atoms with Crippen LogP contribution in [0, 0.1) is 12.8 Å². The Morgan fingerprint density at radius 3 is 2.61 bits per heavy atom. The van der Waals surface area contributed by atoms with Crippen LogP contribution in [0.25, 0.3) is 0 Å². The van der Waals surface area contributed by atoms with Gasteiger partial charge < -0.3 is 10.2 Å². The lowest BCUT2D eigenvalue weighted by Crippen LogP contribution is -2.39. The van der Waals surface area contributed by atoms with Gasteiger partial charge in [0.05, 0.1) is 6.04 Å². The van der Waals surface area contributed by atoms with Crippen LogP contribution < -0.4 is 5.32 Å². The van der Waals surface area contributed by atoms with Crippen molar-refractivity contribution in [3.8, 4) is 0 Å². The number of hydrogen-bond donors (Lipinski definition) is 1. The normalized spacial score (nSPS) is 21.7. The number of amides is 1. The van der Waals surface area contributed by atoms with Crippen LogP contribution >= 0.6 is 11.3 Å². The summed E-state index contributed by atoms with van der Waals surface area (Å²) in [5, 5.41) is 7.01. The van der Waals surface area contributed by atoms with Crippen molar-refractivity contribution in [2.24, 2.45) is 5.92 Å². The van der Waals surface area contributed by atoms with Gasteiger partial charge in [-0.15, -0.1) is 11.3 Å². The maximum atomic E-state index is 12.5. The third-order valence-corrected chi connectivity index (χ3v) is 5.95. The lowest BCUT2D eigenvalue weighted by Gasteiger charge is -2.25. The maximum Gasteiger partial charge on any atom is 0.224 e. The Morgan fingerprint density at radius 2 is 2.04 bits per heavy atom. The van der Waals surface area contributed by atoms with Crippen molar-refractivity contribution >= 4 is 17.2 Å². The quantitative estimate of drug-likeness (QED) is 0.862. The summed E-state index contributed by atoms with van der Waals surface area (Å²) in [6.07, 6.45) is 8.03. The molecule has 1 aromatic rings. The molecule has 128 valence electrons. The molecule has 1 aliphatic carbocycles. The van der Waals surface area contributed by atoms with Crippen LogP contribution in [-0.4, -0.2) is 34.9 Å². The fourth-order valence-corrected chi connectivity index (χ4v) is 4.38. The lowest BCUT2D eigenvalue weighted by molar-refractivity contribution is -0.131. The van der Waals surface area contributed by atoms with E-state index in [-0.39, 0.29) is 6.04 Å². The van der Waals surface area contributed by atoms with Crippen molar-refractivity contribution in [3.63, 3.8) is 0 Å². The molecule has 5 heteroatoms. The summed E-state index contributed by atoms with van der Waals surface area (Å²) in [7, 11) is 0. The molecule has 0 spiro atoms. The largest absolute Gasteiger partial charge is 0.343 e. The van der Waals surface area contributed by atoms with Crippen molar-refractivity contribution < 1.29 is 4.79 Å². The number of nitrogens with one attached hydrogen (secondary N) is 1. The van der Waals surface area contributed by atoms with Gasteiger partial charge in [0.1, 0.15) is 5.01 Å². The fourth-order valence-electron chi connectivity index (χ4n) is 3.43. The molecule has 0 radical (unpaired) electrons. The molecule has 2 unspecified atom stereocenters. The molecular formula is C18H29N3OS. The Morgan fingerprint density at radius 1 is 1.35 bits per heavy atom. The van der Waals surface area contributed by atoms with E-state index in [2.05, 4.69) is 34.4 Å². The zero-order chi connectivity index (χ0) is 16.2. The molecule has 4 nitrogen and oxygen atoms in total. The number of hydrogen-bond acceptors (Lipinski definition) is 4.